The van der Waals surface area contributed by atoms with E-state index in [2.05, 4.69) is 52.2 Å². The Morgan fingerprint density at radius 1 is 1.43 bits per heavy atom. The second kappa shape index (κ2) is 7.75. The van der Waals surface area contributed by atoms with Gasteiger partial charge in [0.1, 0.15) is 13.3 Å². The number of carbonyl (C=O) groups excluding carboxylic acids is 1. The zero-order valence-corrected chi connectivity index (χ0v) is 15.0. The highest BCUT2D eigenvalue weighted by Gasteiger charge is 2.46. The van der Waals surface area contributed by atoms with E-state index in [9.17, 15) is 9.18 Å². The predicted octanol–water partition coefficient (Wildman–Crippen LogP) is 3.83. The molecule has 0 radical (unpaired) electrons. The molecule has 5 heteroatoms. The molecule has 0 saturated carbocycles. The lowest BCUT2D eigenvalue weighted by Gasteiger charge is -2.36. The number of rotatable bonds is 5. The Bertz CT molecular complexity index is 592. The van der Waals surface area contributed by atoms with Crippen LogP contribution in [0.5, 0.6) is 0 Å². The summed E-state index contributed by atoms with van der Waals surface area (Å²) < 4.78 is 19.5. The normalized spacial score (nSPS) is 29.8. The van der Waals surface area contributed by atoms with Crippen molar-refractivity contribution < 1.29 is 13.9 Å². The lowest BCUT2D eigenvalue weighted by Crippen LogP contribution is -2.48. The number of carbonyl (C=O) groups is 1. The summed E-state index contributed by atoms with van der Waals surface area (Å²) in [5, 5.41) is 3.53. The van der Waals surface area contributed by atoms with Gasteiger partial charge >= 0.3 is 5.97 Å². The van der Waals surface area contributed by atoms with E-state index in [-0.39, 0.29) is 30.5 Å². The van der Waals surface area contributed by atoms with Gasteiger partial charge in [0.15, 0.2) is 0 Å². The van der Waals surface area contributed by atoms with Gasteiger partial charge in [0.05, 0.1) is 5.92 Å². The molecule has 1 aromatic carbocycles. The van der Waals surface area contributed by atoms with E-state index in [0.29, 0.717) is 6.04 Å². The lowest BCUT2D eigenvalue weighted by atomic mass is 9.76. The Balaban J connectivity index is 1.87. The van der Waals surface area contributed by atoms with Gasteiger partial charge in [0.25, 0.3) is 0 Å². The number of halogens is 2. The topological polar surface area (TPSA) is 38.3 Å². The van der Waals surface area contributed by atoms with Gasteiger partial charge in [-0.1, -0.05) is 46.9 Å². The van der Waals surface area contributed by atoms with Gasteiger partial charge in [-0.05, 0) is 40.5 Å². The number of ether oxygens (including phenoxy) is 1. The molecule has 3 nitrogen and oxygen atoms in total. The van der Waals surface area contributed by atoms with E-state index in [1.807, 2.05) is 10.1 Å². The van der Waals surface area contributed by atoms with Crippen LogP contribution in [0.1, 0.15) is 36.3 Å². The minimum atomic E-state index is -0.625. The van der Waals surface area contributed by atoms with Gasteiger partial charge in [0.2, 0.25) is 0 Å². The molecular weight excluding hydrogens is 408 g/mol. The summed E-state index contributed by atoms with van der Waals surface area (Å²) in [5.74, 6) is -0.345. The van der Waals surface area contributed by atoms with Crippen molar-refractivity contribution in [3.8, 4) is 0 Å². The highest BCUT2D eigenvalue weighted by atomic mass is 127. The van der Waals surface area contributed by atoms with Crippen LogP contribution in [0.4, 0.5) is 4.39 Å². The maximum Gasteiger partial charge on any atom is 0.311 e. The Morgan fingerprint density at radius 3 is 3.09 bits per heavy atom. The SMILES string of the molecule is O=C(OCCF)[C@H]1[C@@H](c2cccc(/C=C\I)c2)C[C@@H]2CC[C@H]1N2. The average molecular weight is 429 g/mol. The molecule has 4 atom stereocenters. The Morgan fingerprint density at radius 2 is 2.30 bits per heavy atom. The van der Waals surface area contributed by atoms with Gasteiger partial charge in [-0.25, -0.2) is 4.39 Å². The molecular formula is C18H21FINO2. The Labute approximate surface area is 149 Å². The fourth-order valence-electron chi connectivity index (χ4n) is 3.93. The Kier molecular flexibility index (Phi) is 5.69. The predicted molar refractivity (Wildman–Crippen MR) is 97.2 cm³/mol. The zero-order valence-electron chi connectivity index (χ0n) is 12.9. The molecule has 2 bridgehead atoms. The highest BCUT2D eigenvalue weighted by molar-refractivity contribution is 14.1. The number of piperidine rings is 1. The quantitative estimate of drug-likeness (QED) is 0.572. The van der Waals surface area contributed by atoms with E-state index in [1.165, 1.54) is 5.56 Å². The first kappa shape index (κ1) is 16.9. The van der Waals surface area contributed by atoms with E-state index in [1.54, 1.807) is 0 Å². The van der Waals surface area contributed by atoms with Crippen LogP contribution in [0.25, 0.3) is 6.08 Å². The van der Waals surface area contributed by atoms with Crippen molar-refractivity contribution in [3.05, 3.63) is 39.5 Å². The van der Waals surface area contributed by atoms with Crippen molar-refractivity contribution in [2.45, 2.75) is 37.3 Å². The number of esters is 1. The maximum absolute atomic E-state index is 12.5. The highest BCUT2D eigenvalue weighted by Crippen LogP contribution is 2.42. The summed E-state index contributed by atoms with van der Waals surface area (Å²) >= 11 is 2.20. The fraction of sp³-hybridized carbons (Fsp3) is 0.500. The molecule has 0 aromatic heterocycles. The van der Waals surface area contributed by atoms with Crippen LogP contribution in [-0.2, 0) is 9.53 Å². The van der Waals surface area contributed by atoms with E-state index in [0.717, 1.165) is 24.8 Å². The molecule has 2 aliphatic rings. The molecule has 23 heavy (non-hydrogen) atoms. The van der Waals surface area contributed by atoms with Crippen LogP contribution < -0.4 is 5.32 Å². The summed E-state index contributed by atoms with van der Waals surface area (Å²) in [7, 11) is 0. The summed E-state index contributed by atoms with van der Waals surface area (Å²) in [6.45, 7) is -0.768. The zero-order chi connectivity index (χ0) is 16.2. The summed E-state index contributed by atoms with van der Waals surface area (Å²) in [4.78, 5) is 12.5. The smallest absolute Gasteiger partial charge is 0.311 e. The van der Waals surface area contributed by atoms with E-state index >= 15 is 0 Å². The summed E-state index contributed by atoms with van der Waals surface area (Å²) in [5.41, 5.74) is 2.32. The van der Waals surface area contributed by atoms with Gasteiger partial charge < -0.3 is 10.1 Å². The van der Waals surface area contributed by atoms with E-state index in [4.69, 9.17) is 4.74 Å². The molecule has 2 aliphatic heterocycles. The van der Waals surface area contributed by atoms with Crippen LogP contribution in [0.3, 0.4) is 0 Å². The standard InChI is InChI=1S/C18H21FINO2/c19-7-9-23-18(22)17-15(11-14-4-5-16(17)21-14)13-3-1-2-12(10-13)6-8-20/h1-3,6,8,10,14-17,21H,4-5,7,9,11H2/b8-6-/t14-,15+,16+,17-/m0/s1. The molecule has 124 valence electrons. The molecule has 2 saturated heterocycles. The number of nitrogens with one attached hydrogen (secondary N) is 1. The second-order valence-corrected chi connectivity index (χ2v) is 6.95. The van der Waals surface area contributed by atoms with Crippen molar-refractivity contribution in [1.29, 1.82) is 0 Å². The fourth-order valence-corrected chi connectivity index (χ4v) is 4.34. The molecule has 0 spiro atoms. The van der Waals surface area contributed by atoms with Crippen LogP contribution >= 0.6 is 22.6 Å². The number of alkyl halides is 1. The van der Waals surface area contributed by atoms with E-state index < -0.39 is 6.67 Å². The van der Waals surface area contributed by atoms with Gasteiger partial charge in [-0.15, -0.1) is 0 Å². The van der Waals surface area contributed by atoms with Crippen molar-refractivity contribution in [3.63, 3.8) is 0 Å². The largest absolute Gasteiger partial charge is 0.463 e. The maximum atomic E-state index is 12.5. The van der Waals surface area contributed by atoms with Crippen molar-refractivity contribution >= 4 is 34.6 Å². The number of fused-ring (bicyclic) bond motifs is 2. The van der Waals surface area contributed by atoms with Crippen LogP contribution in [0.2, 0.25) is 0 Å². The summed E-state index contributed by atoms with van der Waals surface area (Å²) in [6, 6.07) is 8.96. The molecule has 1 aromatic rings. The Hall–Kier alpha value is -0.950. The van der Waals surface area contributed by atoms with Gasteiger partial charge in [-0.3, -0.25) is 4.79 Å². The lowest BCUT2D eigenvalue weighted by molar-refractivity contribution is -0.151. The molecule has 1 N–H and O–H groups in total. The average Bonchev–Trinajstić information content (AvgIpc) is 2.94. The monoisotopic (exact) mass is 429 g/mol. The second-order valence-electron chi connectivity index (χ2n) is 6.23. The third kappa shape index (κ3) is 3.76. The first-order chi connectivity index (χ1) is 11.2. The van der Waals surface area contributed by atoms with Crippen molar-refractivity contribution in [2.75, 3.05) is 13.3 Å². The van der Waals surface area contributed by atoms with Gasteiger partial charge in [0, 0.05) is 18.0 Å². The third-order valence-corrected chi connectivity index (χ3v) is 5.23. The third-order valence-electron chi connectivity index (χ3n) is 4.87. The molecule has 3 rings (SSSR count). The minimum absolute atomic E-state index is 0.142. The molecule has 0 amide bonds. The molecule has 0 unspecified atom stereocenters. The number of hydrogen-bond acceptors (Lipinski definition) is 3. The number of hydrogen-bond donors (Lipinski definition) is 1. The first-order valence-corrected chi connectivity index (χ1v) is 9.33. The molecule has 2 fully saturated rings. The van der Waals surface area contributed by atoms with Crippen LogP contribution in [-0.4, -0.2) is 31.3 Å². The van der Waals surface area contributed by atoms with Crippen LogP contribution in [0.15, 0.2) is 28.3 Å². The first-order valence-electron chi connectivity index (χ1n) is 8.08. The molecule has 2 heterocycles. The number of benzene rings is 1. The van der Waals surface area contributed by atoms with Crippen molar-refractivity contribution in [2.24, 2.45) is 5.92 Å². The van der Waals surface area contributed by atoms with Gasteiger partial charge in [-0.2, -0.15) is 0 Å². The van der Waals surface area contributed by atoms with Crippen LogP contribution in [0, 0.1) is 5.92 Å². The molecule has 0 aliphatic carbocycles. The van der Waals surface area contributed by atoms with Crippen molar-refractivity contribution in [1.82, 2.24) is 5.32 Å². The summed E-state index contributed by atoms with van der Waals surface area (Å²) in [6.07, 6.45) is 5.07. The minimum Gasteiger partial charge on any atom is -0.463 e.